The lowest BCUT2D eigenvalue weighted by Gasteiger charge is -2.33. The fourth-order valence-electron chi connectivity index (χ4n) is 14.2. The molecule has 0 radical (unpaired) electrons. The molecular formula is C85H102N2O2. The third-order valence-corrected chi connectivity index (χ3v) is 19.0. The SMILES string of the molecule is CCCCCCCCC1(CCCCCCCC)c2cc(C)ccc2-c2c1cc(C)c1ccccc21.CCCCCOc1ccc(-n2c3cc(C)ccc3c3ccc(C)cc32)cc1.CCCCCOc1ccc(-n2c3ccc(C)cc3c3cc(C)ccc32)cc1. The van der Waals surface area contributed by atoms with E-state index in [1.165, 1.54) is 226 Å². The third kappa shape index (κ3) is 14.9. The molecule has 89 heavy (non-hydrogen) atoms. The summed E-state index contributed by atoms with van der Waals surface area (Å²) < 4.78 is 16.5. The highest BCUT2D eigenvalue weighted by molar-refractivity contribution is 6.11. The number of rotatable bonds is 26. The van der Waals surface area contributed by atoms with Gasteiger partial charge in [-0.05, 0) is 202 Å². The van der Waals surface area contributed by atoms with Crippen molar-refractivity contribution in [2.45, 2.75) is 203 Å². The molecule has 4 heteroatoms. The van der Waals surface area contributed by atoms with Crippen LogP contribution in [0.25, 0.3) is 76.9 Å². The van der Waals surface area contributed by atoms with Crippen molar-refractivity contribution in [2.24, 2.45) is 0 Å². The number of benzene rings is 9. The minimum absolute atomic E-state index is 0.182. The summed E-state index contributed by atoms with van der Waals surface area (Å²) in [5, 5.41) is 8.11. The zero-order valence-corrected chi connectivity index (χ0v) is 55.9. The molecule has 1 aliphatic rings. The van der Waals surface area contributed by atoms with Crippen molar-refractivity contribution in [3.63, 3.8) is 0 Å². The van der Waals surface area contributed by atoms with Crippen LogP contribution in [0.5, 0.6) is 11.5 Å². The number of hydrogen-bond donors (Lipinski definition) is 0. The predicted molar refractivity (Wildman–Crippen MR) is 386 cm³/mol. The summed E-state index contributed by atoms with van der Waals surface area (Å²) >= 11 is 0. The predicted octanol–water partition coefficient (Wildman–Crippen LogP) is 25.2. The molecule has 0 unspecified atom stereocenters. The van der Waals surface area contributed by atoms with E-state index < -0.39 is 0 Å². The Morgan fingerprint density at radius 1 is 0.315 bits per heavy atom. The monoisotopic (exact) mass is 1180 g/mol. The van der Waals surface area contributed by atoms with E-state index in [0.29, 0.717) is 0 Å². The van der Waals surface area contributed by atoms with E-state index in [4.69, 9.17) is 9.47 Å². The van der Waals surface area contributed by atoms with Crippen molar-refractivity contribution in [1.29, 1.82) is 0 Å². The van der Waals surface area contributed by atoms with Gasteiger partial charge in [0.05, 0.1) is 35.3 Å². The first kappa shape index (κ1) is 64.4. The molecule has 2 heterocycles. The Morgan fingerprint density at radius 2 is 0.719 bits per heavy atom. The highest BCUT2D eigenvalue weighted by Gasteiger charge is 2.43. The summed E-state index contributed by atoms with van der Waals surface area (Å²) in [5.41, 5.74) is 21.8. The molecule has 0 bridgehead atoms. The Labute approximate surface area is 534 Å². The van der Waals surface area contributed by atoms with Crippen LogP contribution in [0.3, 0.4) is 0 Å². The number of fused-ring (bicyclic) bond motifs is 11. The van der Waals surface area contributed by atoms with Gasteiger partial charge in [-0.3, -0.25) is 0 Å². The molecule has 2 aromatic heterocycles. The van der Waals surface area contributed by atoms with Gasteiger partial charge in [0, 0.05) is 38.3 Å². The van der Waals surface area contributed by atoms with Crippen molar-refractivity contribution in [1.82, 2.24) is 9.13 Å². The van der Waals surface area contributed by atoms with Gasteiger partial charge in [0.1, 0.15) is 11.5 Å². The van der Waals surface area contributed by atoms with Gasteiger partial charge in [0.2, 0.25) is 0 Å². The Morgan fingerprint density at radius 3 is 1.21 bits per heavy atom. The van der Waals surface area contributed by atoms with Crippen molar-refractivity contribution in [3.05, 3.63) is 214 Å². The summed E-state index contributed by atoms with van der Waals surface area (Å²) in [7, 11) is 0. The van der Waals surface area contributed by atoms with Crippen LogP contribution in [0.1, 0.15) is 201 Å². The third-order valence-electron chi connectivity index (χ3n) is 19.0. The molecule has 0 aliphatic heterocycles. The van der Waals surface area contributed by atoms with E-state index in [1.807, 2.05) is 0 Å². The minimum Gasteiger partial charge on any atom is -0.494 e. The molecular weight excluding hydrogens is 1080 g/mol. The lowest BCUT2D eigenvalue weighted by atomic mass is 9.70. The van der Waals surface area contributed by atoms with Gasteiger partial charge < -0.3 is 18.6 Å². The maximum absolute atomic E-state index is 5.88. The molecule has 12 rings (SSSR count). The fraction of sp³-hybridized carbons (Fsp3) is 0.388. The first-order valence-electron chi connectivity index (χ1n) is 34.6. The van der Waals surface area contributed by atoms with Gasteiger partial charge in [-0.1, -0.05) is 232 Å². The van der Waals surface area contributed by atoms with Gasteiger partial charge in [-0.25, -0.2) is 0 Å². The molecule has 0 spiro atoms. The van der Waals surface area contributed by atoms with Gasteiger partial charge in [-0.15, -0.1) is 0 Å². The number of unbranched alkanes of at least 4 members (excludes halogenated alkanes) is 14. The summed E-state index contributed by atoms with van der Waals surface area (Å²) in [4.78, 5) is 0. The average Bonchev–Trinajstić information content (AvgIpc) is 1.75. The summed E-state index contributed by atoms with van der Waals surface area (Å²) in [6.45, 7) is 23.9. The quantitative estimate of drug-likeness (QED) is 0.0506. The van der Waals surface area contributed by atoms with Crippen LogP contribution >= 0.6 is 0 Å². The standard InChI is InChI=1S/C35H48.2C25H27NO/c1-5-7-9-11-13-17-23-35(24-18-14-12-10-8-6-2)32-25-27(3)21-22-31(32)34-30-20-16-15-19-29(30)28(4)26-33(34)35;1-4-5-6-15-27-21-11-9-20(10-12-21)26-24-13-7-18(2)16-22(24)23-17-19(3)8-14-25(23)26;1-4-5-6-15-27-21-11-9-20(10-12-21)26-24-16-18(2)7-13-22(24)23-14-8-19(3)17-25(23)26/h15-16,19-22,25-26H,5-14,17-18,23-24H2,1-4H3;2*7-14,16-17H,4-6,15H2,1-3H3. The lowest BCUT2D eigenvalue weighted by Crippen LogP contribution is -2.26. The maximum atomic E-state index is 5.88. The van der Waals surface area contributed by atoms with Crippen molar-refractivity contribution in [3.8, 4) is 34.0 Å². The van der Waals surface area contributed by atoms with Crippen LogP contribution in [-0.4, -0.2) is 22.3 Å². The molecule has 0 fully saturated rings. The Kier molecular flexibility index (Phi) is 22.3. The van der Waals surface area contributed by atoms with Gasteiger partial charge in [-0.2, -0.15) is 0 Å². The number of aryl methyl sites for hydroxylation is 6. The van der Waals surface area contributed by atoms with Crippen LogP contribution in [0.4, 0.5) is 0 Å². The molecule has 0 amide bonds. The van der Waals surface area contributed by atoms with E-state index in [9.17, 15) is 0 Å². The molecule has 9 aromatic carbocycles. The largest absolute Gasteiger partial charge is 0.494 e. The van der Waals surface area contributed by atoms with E-state index >= 15 is 0 Å². The first-order valence-corrected chi connectivity index (χ1v) is 34.6. The van der Waals surface area contributed by atoms with Crippen LogP contribution in [0, 0.1) is 41.5 Å². The van der Waals surface area contributed by atoms with E-state index in [2.05, 4.69) is 248 Å². The second-order valence-corrected chi connectivity index (χ2v) is 26.2. The Balaban J connectivity index is 0.000000149. The average molecular weight is 1180 g/mol. The van der Waals surface area contributed by atoms with Crippen LogP contribution < -0.4 is 9.47 Å². The van der Waals surface area contributed by atoms with E-state index in [-0.39, 0.29) is 5.41 Å². The number of nitrogens with zero attached hydrogens (tertiary/aromatic N) is 2. The summed E-state index contributed by atoms with van der Waals surface area (Å²) in [6, 6.07) is 62.9. The molecule has 0 atom stereocenters. The molecule has 0 N–H and O–H groups in total. The van der Waals surface area contributed by atoms with Crippen molar-refractivity contribution < 1.29 is 9.47 Å². The zero-order chi connectivity index (χ0) is 62.3. The smallest absolute Gasteiger partial charge is 0.119 e. The van der Waals surface area contributed by atoms with Gasteiger partial charge in [0.15, 0.2) is 0 Å². The summed E-state index contributed by atoms with van der Waals surface area (Å²) in [5.74, 6) is 1.89. The first-order chi connectivity index (χ1) is 43.5. The summed E-state index contributed by atoms with van der Waals surface area (Å²) in [6.07, 6.45) is 26.2. The second-order valence-electron chi connectivity index (χ2n) is 26.2. The highest BCUT2D eigenvalue weighted by atomic mass is 16.5. The number of aromatic nitrogens is 2. The lowest BCUT2D eigenvalue weighted by molar-refractivity contribution is 0.306. The van der Waals surface area contributed by atoms with E-state index in [1.54, 1.807) is 11.1 Å². The molecule has 0 saturated heterocycles. The Hall–Kier alpha value is -7.56. The molecule has 11 aromatic rings. The van der Waals surface area contributed by atoms with Crippen molar-refractivity contribution in [2.75, 3.05) is 13.2 Å². The van der Waals surface area contributed by atoms with Crippen molar-refractivity contribution >= 4 is 54.4 Å². The normalized spacial score (nSPS) is 12.3. The second kappa shape index (κ2) is 30.8. The molecule has 0 saturated carbocycles. The number of ether oxygens (including phenoxy) is 2. The van der Waals surface area contributed by atoms with Crippen LogP contribution in [0.15, 0.2) is 170 Å². The highest BCUT2D eigenvalue weighted by Crippen LogP contribution is 2.57. The van der Waals surface area contributed by atoms with E-state index in [0.717, 1.165) is 37.6 Å². The van der Waals surface area contributed by atoms with Gasteiger partial charge >= 0.3 is 0 Å². The molecule has 4 nitrogen and oxygen atoms in total. The molecule has 1 aliphatic carbocycles. The fourth-order valence-corrected chi connectivity index (χ4v) is 14.2. The van der Waals surface area contributed by atoms with Crippen LogP contribution in [0.2, 0.25) is 0 Å². The van der Waals surface area contributed by atoms with Crippen LogP contribution in [-0.2, 0) is 5.41 Å². The molecule has 464 valence electrons. The van der Waals surface area contributed by atoms with Gasteiger partial charge in [0.25, 0.3) is 0 Å². The minimum atomic E-state index is 0.182. The topological polar surface area (TPSA) is 28.3 Å². The number of hydrogen-bond acceptors (Lipinski definition) is 2. The Bertz CT molecular complexity index is 3960. The zero-order valence-electron chi connectivity index (χ0n) is 55.9. The maximum Gasteiger partial charge on any atom is 0.119 e.